The molecule has 2 aromatic rings. The van der Waals surface area contributed by atoms with Crippen molar-refractivity contribution < 1.29 is 14.5 Å². The first-order valence-electron chi connectivity index (χ1n) is 8.55. The van der Waals surface area contributed by atoms with Crippen LogP contribution in [0.1, 0.15) is 18.4 Å². The summed E-state index contributed by atoms with van der Waals surface area (Å²) in [4.78, 5) is 24.9. The molecular formula is C19H21N3O4. The summed E-state index contributed by atoms with van der Waals surface area (Å²) >= 11 is 0. The maximum absolute atomic E-state index is 12.1. The Hall–Kier alpha value is -3.09. The summed E-state index contributed by atoms with van der Waals surface area (Å²) in [6.07, 6.45) is 2.42. The van der Waals surface area contributed by atoms with Gasteiger partial charge in [0.2, 0.25) is 0 Å². The summed E-state index contributed by atoms with van der Waals surface area (Å²) in [6, 6.07) is 12.2. The third-order valence-corrected chi connectivity index (χ3v) is 4.29. The highest BCUT2D eigenvalue weighted by Gasteiger charge is 2.16. The van der Waals surface area contributed by atoms with Crippen LogP contribution in [-0.4, -0.2) is 30.5 Å². The highest BCUT2D eigenvalue weighted by atomic mass is 16.6. The highest BCUT2D eigenvalue weighted by Crippen LogP contribution is 2.27. The molecule has 26 heavy (non-hydrogen) atoms. The molecule has 0 atom stereocenters. The number of carbonyl (C=O) groups is 1. The van der Waals surface area contributed by atoms with Crippen molar-refractivity contribution in [3.8, 4) is 5.75 Å². The van der Waals surface area contributed by atoms with E-state index in [4.69, 9.17) is 4.74 Å². The van der Waals surface area contributed by atoms with E-state index in [1.165, 1.54) is 18.9 Å². The van der Waals surface area contributed by atoms with E-state index in [0.29, 0.717) is 5.69 Å². The quantitative estimate of drug-likeness (QED) is 0.633. The summed E-state index contributed by atoms with van der Waals surface area (Å²) in [6.45, 7) is 3.64. The van der Waals surface area contributed by atoms with Crippen LogP contribution in [-0.2, 0) is 4.79 Å². The Balaban J connectivity index is 1.57. The molecule has 1 amide bonds. The van der Waals surface area contributed by atoms with E-state index >= 15 is 0 Å². The highest BCUT2D eigenvalue weighted by molar-refractivity contribution is 5.92. The van der Waals surface area contributed by atoms with Crippen LogP contribution in [0.4, 0.5) is 17.1 Å². The molecule has 0 unspecified atom stereocenters. The van der Waals surface area contributed by atoms with E-state index in [-0.39, 0.29) is 24.0 Å². The zero-order valence-electron chi connectivity index (χ0n) is 14.6. The first-order valence-corrected chi connectivity index (χ1v) is 8.55. The number of nitro groups is 1. The normalized spacial score (nSPS) is 13.5. The second-order valence-corrected chi connectivity index (χ2v) is 6.31. The van der Waals surface area contributed by atoms with Crippen molar-refractivity contribution in [3.63, 3.8) is 0 Å². The lowest BCUT2D eigenvalue weighted by Crippen LogP contribution is -2.21. The molecule has 1 N–H and O–H groups in total. The number of nitrogens with one attached hydrogen (secondary N) is 1. The van der Waals surface area contributed by atoms with E-state index in [2.05, 4.69) is 10.2 Å². The van der Waals surface area contributed by atoms with Crippen LogP contribution in [0, 0.1) is 17.0 Å². The molecule has 1 aliphatic heterocycles. The topological polar surface area (TPSA) is 84.7 Å². The van der Waals surface area contributed by atoms with Crippen molar-refractivity contribution in [2.75, 3.05) is 29.9 Å². The van der Waals surface area contributed by atoms with E-state index in [1.807, 2.05) is 24.3 Å². The van der Waals surface area contributed by atoms with Gasteiger partial charge in [-0.1, -0.05) is 6.07 Å². The van der Waals surface area contributed by atoms with Gasteiger partial charge >= 0.3 is 5.69 Å². The summed E-state index contributed by atoms with van der Waals surface area (Å²) in [5.41, 5.74) is 2.48. The average molecular weight is 355 g/mol. The number of carbonyl (C=O) groups excluding carboxylic acids is 1. The smallest absolute Gasteiger partial charge is 0.310 e. The van der Waals surface area contributed by atoms with Gasteiger partial charge < -0.3 is 15.0 Å². The number of hydrogen-bond acceptors (Lipinski definition) is 5. The second kappa shape index (κ2) is 7.86. The molecule has 0 radical (unpaired) electrons. The van der Waals surface area contributed by atoms with Crippen molar-refractivity contribution in [1.29, 1.82) is 0 Å². The SMILES string of the molecule is Cc1ccc([N+](=O)[O-])c(OCC(=O)Nc2ccc(N3CCCC3)cc2)c1. The standard InChI is InChI=1S/C19H21N3O4/c1-14-4-9-17(22(24)25)18(12-14)26-13-19(23)20-15-5-7-16(8-6-15)21-10-2-3-11-21/h4-9,12H,2-3,10-11,13H2,1H3,(H,20,23). The average Bonchev–Trinajstić information content (AvgIpc) is 3.15. The van der Waals surface area contributed by atoms with Crippen LogP contribution in [0.15, 0.2) is 42.5 Å². The molecule has 3 rings (SSSR count). The van der Waals surface area contributed by atoms with Crippen LogP contribution >= 0.6 is 0 Å². The number of ether oxygens (including phenoxy) is 1. The van der Waals surface area contributed by atoms with Crippen LogP contribution in [0.2, 0.25) is 0 Å². The minimum atomic E-state index is -0.524. The fourth-order valence-electron chi connectivity index (χ4n) is 2.96. The molecule has 0 aromatic heterocycles. The molecular weight excluding hydrogens is 334 g/mol. The van der Waals surface area contributed by atoms with Crippen LogP contribution < -0.4 is 15.0 Å². The van der Waals surface area contributed by atoms with Crippen LogP contribution in [0.25, 0.3) is 0 Å². The van der Waals surface area contributed by atoms with Gasteiger partial charge in [0, 0.05) is 30.5 Å². The van der Waals surface area contributed by atoms with Gasteiger partial charge in [-0.05, 0) is 55.7 Å². The monoisotopic (exact) mass is 355 g/mol. The Morgan fingerprint density at radius 1 is 1.19 bits per heavy atom. The van der Waals surface area contributed by atoms with Gasteiger partial charge in [0.05, 0.1) is 4.92 Å². The zero-order valence-corrected chi connectivity index (χ0v) is 14.6. The van der Waals surface area contributed by atoms with Gasteiger partial charge in [-0.15, -0.1) is 0 Å². The lowest BCUT2D eigenvalue weighted by molar-refractivity contribution is -0.385. The molecule has 0 bridgehead atoms. The molecule has 7 heteroatoms. The summed E-state index contributed by atoms with van der Waals surface area (Å²) in [5.74, 6) is -0.274. The zero-order chi connectivity index (χ0) is 18.5. The van der Waals surface area contributed by atoms with Gasteiger partial charge in [-0.2, -0.15) is 0 Å². The third kappa shape index (κ3) is 4.30. The first kappa shape index (κ1) is 17.7. The molecule has 7 nitrogen and oxygen atoms in total. The number of nitrogens with zero attached hydrogens (tertiary/aromatic N) is 2. The van der Waals surface area contributed by atoms with Crippen molar-refractivity contribution >= 4 is 23.0 Å². The Kier molecular flexibility index (Phi) is 5.36. The minimum absolute atomic E-state index is 0.0922. The van der Waals surface area contributed by atoms with Crippen LogP contribution in [0.3, 0.4) is 0 Å². The van der Waals surface area contributed by atoms with Crippen molar-refractivity contribution in [2.24, 2.45) is 0 Å². The lowest BCUT2D eigenvalue weighted by Gasteiger charge is -2.17. The molecule has 1 saturated heterocycles. The molecule has 1 fully saturated rings. The Morgan fingerprint density at radius 2 is 1.88 bits per heavy atom. The largest absolute Gasteiger partial charge is 0.477 e. The van der Waals surface area contributed by atoms with Gasteiger partial charge in [-0.3, -0.25) is 14.9 Å². The number of anilines is 2. The van der Waals surface area contributed by atoms with Crippen molar-refractivity contribution in [3.05, 3.63) is 58.1 Å². The van der Waals surface area contributed by atoms with Gasteiger partial charge in [0.25, 0.3) is 5.91 Å². The molecule has 2 aromatic carbocycles. The van der Waals surface area contributed by atoms with Crippen molar-refractivity contribution in [2.45, 2.75) is 19.8 Å². The summed E-state index contributed by atoms with van der Waals surface area (Å²) in [5, 5.41) is 13.8. The summed E-state index contributed by atoms with van der Waals surface area (Å²) in [7, 11) is 0. The second-order valence-electron chi connectivity index (χ2n) is 6.31. The molecule has 1 heterocycles. The maximum Gasteiger partial charge on any atom is 0.310 e. The fraction of sp³-hybridized carbons (Fsp3) is 0.316. The predicted octanol–water partition coefficient (Wildman–Crippen LogP) is 3.52. The lowest BCUT2D eigenvalue weighted by atomic mass is 10.2. The number of benzene rings is 2. The number of nitro benzene ring substituents is 1. The summed E-state index contributed by atoms with van der Waals surface area (Å²) < 4.78 is 5.36. The minimum Gasteiger partial charge on any atom is -0.477 e. The maximum atomic E-state index is 12.1. The number of rotatable bonds is 6. The van der Waals surface area contributed by atoms with E-state index in [9.17, 15) is 14.9 Å². The molecule has 0 spiro atoms. The molecule has 1 aliphatic rings. The van der Waals surface area contributed by atoms with Crippen LogP contribution in [0.5, 0.6) is 5.75 Å². The Morgan fingerprint density at radius 3 is 2.54 bits per heavy atom. The number of aryl methyl sites for hydroxylation is 1. The Bertz CT molecular complexity index is 799. The third-order valence-electron chi connectivity index (χ3n) is 4.29. The predicted molar refractivity (Wildman–Crippen MR) is 99.8 cm³/mol. The van der Waals surface area contributed by atoms with E-state index in [1.54, 1.807) is 19.1 Å². The fourth-order valence-corrected chi connectivity index (χ4v) is 2.96. The van der Waals surface area contributed by atoms with Gasteiger partial charge in [0.15, 0.2) is 12.4 Å². The first-order chi connectivity index (χ1) is 12.5. The molecule has 136 valence electrons. The van der Waals surface area contributed by atoms with E-state index < -0.39 is 4.92 Å². The molecule has 0 aliphatic carbocycles. The van der Waals surface area contributed by atoms with Crippen molar-refractivity contribution in [1.82, 2.24) is 0 Å². The van der Waals surface area contributed by atoms with Gasteiger partial charge in [0.1, 0.15) is 0 Å². The van der Waals surface area contributed by atoms with Gasteiger partial charge in [-0.25, -0.2) is 0 Å². The number of amides is 1. The number of hydrogen-bond donors (Lipinski definition) is 1. The Labute approximate surface area is 151 Å². The molecule has 0 saturated carbocycles. The van der Waals surface area contributed by atoms with E-state index in [0.717, 1.165) is 24.3 Å².